The highest BCUT2D eigenvalue weighted by Crippen LogP contribution is 1.92. The van der Waals surface area contributed by atoms with Crippen LogP contribution in [0.25, 0.3) is 0 Å². The smallest absolute Gasteiger partial charge is 0.0584 e. The number of hydrogen-bond acceptors (Lipinski definition) is 3. The molecule has 1 atom stereocenters. The predicted molar refractivity (Wildman–Crippen MR) is 47.7 cm³/mol. The zero-order valence-corrected chi connectivity index (χ0v) is 8.04. The molecule has 0 saturated carbocycles. The number of likely N-dealkylation sites (N-methyl/N-ethyl adjacent to an activating group) is 2. The van der Waals surface area contributed by atoms with Gasteiger partial charge >= 0.3 is 0 Å². The molecule has 11 heavy (non-hydrogen) atoms. The Morgan fingerprint density at radius 1 is 1.18 bits per heavy atom. The molecule has 0 heterocycles. The summed E-state index contributed by atoms with van der Waals surface area (Å²) < 4.78 is 0. The fraction of sp³-hybridized carbons (Fsp3) is 1.00. The van der Waals surface area contributed by atoms with Crippen LogP contribution in [0, 0.1) is 0 Å². The molecule has 0 spiro atoms. The second-order valence-corrected chi connectivity index (χ2v) is 3.32. The van der Waals surface area contributed by atoms with Crippen molar-refractivity contribution in [1.82, 2.24) is 9.80 Å². The number of nitrogens with zero attached hydrogens (tertiary/aromatic N) is 2. The Morgan fingerprint density at radius 2 is 1.73 bits per heavy atom. The largest absolute Gasteiger partial charge is 0.395 e. The van der Waals surface area contributed by atoms with Gasteiger partial charge in [0, 0.05) is 19.1 Å². The molecule has 0 aliphatic carbocycles. The first-order chi connectivity index (χ1) is 5.07. The molecule has 0 radical (unpaired) electrons. The van der Waals surface area contributed by atoms with Crippen molar-refractivity contribution in [3.8, 4) is 0 Å². The quantitative estimate of drug-likeness (QED) is 0.606. The summed E-state index contributed by atoms with van der Waals surface area (Å²) in [6.07, 6.45) is 0. The Kier molecular flexibility index (Phi) is 5.46. The highest BCUT2D eigenvalue weighted by molar-refractivity contribution is 4.61. The minimum atomic E-state index is 0.240. The van der Waals surface area contributed by atoms with Gasteiger partial charge in [-0.3, -0.25) is 0 Å². The summed E-state index contributed by atoms with van der Waals surface area (Å²) in [4.78, 5) is 4.29. The molecular formula is C8H20N2O. The maximum Gasteiger partial charge on any atom is 0.0584 e. The van der Waals surface area contributed by atoms with Crippen LogP contribution in [0.15, 0.2) is 0 Å². The lowest BCUT2D eigenvalue weighted by Crippen LogP contribution is -2.36. The third-order valence-corrected chi connectivity index (χ3v) is 1.92. The first-order valence-electron chi connectivity index (χ1n) is 4.03. The lowest BCUT2D eigenvalue weighted by Gasteiger charge is -2.24. The highest BCUT2D eigenvalue weighted by Gasteiger charge is 2.06. The molecule has 0 aliphatic heterocycles. The molecule has 3 nitrogen and oxygen atoms in total. The van der Waals surface area contributed by atoms with E-state index in [4.69, 9.17) is 5.11 Å². The van der Waals surface area contributed by atoms with Crippen molar-refractivity contribution < 1.29 is 5.11 Å². The standard InChI is InChI=1S/C8H20N2O/c1-8(7-11)10(4)6-5-9(2)3/h8,11H,5-7H2,1-4H3. The van der Waals surface area contributed by atoms with E-state index in [0.29, 0.717) is 0 Å². The van der Waals surface area contributed by atoms with Crippen molar-refractivity contribution >= 4 is 0 Å². The first kappa shape index (κ1) is 10.9. The molecule has 0 aromatic rings. The SMILES string of the molecule is CC(CO)N(C)CCN(C)C. The molecule has 0 aromatic carbocycles. The minimum absolute atomic E-state index is 0.240. The molecule has 3 heteroatoms. The van der Waals surface area contributed by atoms with Crippen LogP contribution in [-0.2, 0) is 0 Å². The summed E-state index contributed by atoms with van der Waals surface area (Å²) >= 11 is 0. The van der Waals surface area contributed by atoms with Gasteiger partial charge < -0.3 is 14.9 Å². The molecule has 0 bridgehead atoms. The van der Waals surface area contributed by atoms with Gasteiger partial charge in [-0.15, -0.1) is 0 Å². The number of aliphatic hydroxyl groups is 1. The first-order valence-corrected chi connectivity index (χ1v) is 4.03. The van der Waals surface area contributed by atoms with Crippen LogP contribution in [0.1, 0.15) is 6.92 Å². The van der Waals surface area contributed by atoms with E-state index >= 15 is 0 Å². The molecule has 0 saturated heterocycles. The van der Waals surface area contributed by atoms with E-state index in [1.165, 1.54) is 0 Å². The number of rotatable bonds is 5. The van der Waals surface area contributed by atoms with Crippen molar-refractivity contribution in [2.75, 3.05) is 40.8 Å². The predicted octanol–water partition coefficient (Wildman–Crippen LogP) is -0.139. The van der Waals surface area contributed by atoms with Crippen LogP contribution in [0.3, 0.4) is 0 Å². The van der Waals surface area contributed by atoms with Crippen LogP contribution < -0.4 is 0 Å². The average Bonchev–Trinajstić information content (AvgIpc) is 1.98. The summed E-state index contributed by atoms with van der Waals surface area (Å²) in [7, 11) is 6.14. The fourth-order valence-corrected chi connectivity index (χ4v) is 0.718. The van der Waals surface area contributed by atoms with Gasteiger partial charge in [0.25, 0.3) is 0 Å². The van der Waals surface area contributed by atoms with Crippen LogP contribution in [-0.4, -0.2) is 61.8 Å². The van der Waals surface area contributed by atoms with Crippen molar-refractivity contribution in [2.24, 2.45) is 0 Å². The summed E-state index contributed by atoms with van der Waals surface area (Å²) in [6.45, 7) is 4.31. The van der Waals surface area contributed by atoms with Gasteiger partial charge in [-0.1, -0.05) is 0 Å². The zero-order valence-electron chi connectivity index (χ0n) is 8.04. The van der Waals surface area contributed by atoms with Crippen molar-refractivity contribution in [1.29, 1.82) is 0 Å². The Balaban J connectivity index is 3.43. The van der Waals surface area contributed by atoms with Crippen LogP contribution >= 0.6 is 0 Å². The van der Waals surface area contributed by atoms with E-state index in [2.05, 4.69) is 23.9 Å². The molecule has 0 rings (SSSR count). The van der Waals surface area contributed by atoms with E-state index in [-0.39, 0.29) is 12.6 Å². The number of aliphatic hydroxyl groups excluding tert-OH is 1. The summed E-state index contributed by atoms with van der Waals surface area (Å²) in [5, 5.41) is 8.82. The highest BCUT2D eigenvalue weighted by atomic mass is 16.3. The summed E-state index contributed by atoms with van der Waals surface area (Å²) in [5.74, 6) is 0. The van der Waals surface area contributed by atoms with Crippen LogP contribution in [0.5, 0.6) is 0 Å². The minimum Gasteiger partial charge on any atom is -0.395 e. The number of hydrogen-bond donors (Lipinski definition) is 1. The average molecular weight is 160 g/mol. The molecule has 0 aliphatic rings. The van der Waals surface area contributed by atoms with E-state index < -0.39 is 0 Å². The van der Waals surface area contributed by atoms with Crippen molar-refractivity contribution in [3.05, 3.63) is 0 Å². The van der Waals surface area contributed by atoms with Gasteiger partial charge in [-0.2, -0.15) is 0 Å². The molecular weight excluding hydrogens is 140 g/mol. The summed E-state index contributed by atoms with van der Waals surface area (Å²) in [6, 6.07) is 0.273. The molecule has 0 amide bonds. The zero-order chi connectivity index (χ0) is 8.85. The Morgan fingerprint density at radius 3 is 2.09 bits per heavy atom. The van der Waals surface area contributed by atoms with Gasteiger partial charge in [-0.25, -0.2) is 0 Å². The lowest BCUT2D eigenvalue weighted by atomic mass is 10.3. The fourth-order valence-electron chi connectivity index (χ4n) is 0.718. The van der Waals surface area contributed by atoms with Gasteiger partial charge in [0.1, 0.15) is 0 Å². The van der Waals surface area contributed by atoms with Gasteiger partial charge in [0.15, 0.2) is 0 Å². The molecule has 68 valence electrons. The summed E-state index contributed by atoms with van der Waals surface area (Å²) in [5.41, 5.74) is 0. The van der Waals surface area contributed by atoms with Gasteiger partial charge in [-0.05, 0) is 28.1 Å². The molecule has 1 unspecified atom stereocenters. The topological polar surface area (TPSA) is 26.7 Å². The second kappa shape index (κ2) is 5.52. The maximum atomic E-state index is 8.82. The second-order valence-electron chi connectivity index (χ2n) is 3.32. The maximum absolute atomic E-state index is 8.82. The third-order valence-electron chi connectivity index (χ3n) is 1.92. The Bertz CT molecular complexity index is 96.1. The van der Waals surface area contributed by atoms with E-state index in [9.17, 15) is 0 Å². The van der Waals surface area contributed by atoms with Gasteiger partial charge in [0.05, 0.1) is 6.61 Å². The van der Waals surface area contributed by atoms with E-state index in [0.717, 1.165) is 13.1 Å². The van der Waals surface area contributed by atoms with Crippen molar-refractivity contribution in [2.45, 2.75) is 13.0 Å². The van der Waals surface area contributed by atoms with Crippen LogP contribution in [0.2, 0.25) is 0 Å². The monoisotopic (exact) mass is 160 g/mol. The normalized spacial score (nSPS) is 14.5. The van der Waals surface area contributed by atoms with Crippen LogP contribution in [0.4, 0.5) is 0 Å². The van der Waals surface area contributed by atoms with Gasteiger partial charge in [0.2, 0.25) is 0 Å². The Labute approximate surface area is 69.6 Å². The van der Waals surface area contributed by atoms with E-state index in [1.54, 1.807) is 0 Å². The van der Waals surface area contributed by atoms with Crippen molar-refractivity contribution in [3.63, 3.8) is 0 Å². The lowest BCUT2D eigenvalue weighted by molar-refractivity contribution is 0.150. The third kappa shape index (κ3) is 5.18. The molecule has 0 fully saturated rings. The van der Waals surface area contributed by atoms with E-state index in [1.807, 2.05) is 14.0 Å². The molecule has 0 aromatic heterocycles. The molecule has 1 N–H and O–H groups in total. The Hall–Kier alpha value is -0.120.